The van der Waals surface area contributed by atoms with Crippen LogP contribution in [-0.4, -0.2) is 57.7 Å². The van der Waals surface area contributed by atoms with Crippen LogP contribution in [0.15, 0.2) is 0 Å². The average molecular weight is 336 g/mol. The van der Waals surface area contributed by atoms with Gasteiger partial charge in [0.1, 0.15) is 12.3 Å². The zero-order valence-electron chi connectivity index (χ0n) is 14.1. The van der Waals surface area contributed by atoms with Gasteiger partial charge in [-0.2, -0.15) is 0 Å². The van der Waals surface area contributed by atoms with E-state index in [1.54, 1.807) is 4.90 Å². The lowest BCUT2D eigenvalue weighted by Crippen LogP contribution is -2.43. The number of ether oxygens (including phenoxy) is 1. The highest BCUT2D eigenvalue weighted by atomic mass is 28.3. The molecule has 1 fully saturated rings. The van der Waals surface area contributed by atoms with Crippen LogP contribution in [-0.2, 0) is 4.74 Å². The van der Waals surface area contributed by atoms with Gasteiger partial charge in [-0.25, -0.2) is 13.6 Å². The Bertz CT molecular complexity index is 356. The molecular formula is C15H30F2N2O2Si. The molecule has 1 amide bonds. The fourth-order valence-corrected chi connectivity index (χ4v) is 3.80. The number of amides is 1. The lowest BCUT2D eigenvalue weighted by atomic mass is 9.98. The van der Waals surface area contributed by atoms with E-state index in [2.05, 4.69) is 19.6 Å². The molecule has 130 valence electrons. The first-order valence-electron chi connectivity index (χ1n) is 7.99. The number of methoxy groups -OCH3 is 1. The molecule has 0 heterocycles. The molecule has 3 atom stereocenters. The van der Waals surface area contributed by atoms with E-state index in [9.17, 15) is 13.6 Å². The van der Waals surface area contributed by atoms with Crippen LogP contribution < -0.4 is 5.73 Å². The Morgan fingerprint density at radius 1 is 1.32 bits per heavy atom. The van der Waals surface area contributed by atoms with Crippen LogP contribution in [0.2, 0.25) is 25.7 Å². The van der Waals surface area contributed by atoms with Gasteiger partial charge in [-0.1, -0.05) is 19.6 Å². The summed E-state index contributed by atoms with van der Waals surface area (Å²) in [5.74, 6) is -0.0310. The molecular weight excluding hydrogens is 306 g/mol. The minimum absolute atomic E-state index is 0.0310. The molecule has 1 saturated carbocycles. The molecule has 1 rings (SSSR count). The summed E-state index contributed by atoms with van der Waals surface area (Å²) in [4.78, 5) is 13.5. The van der Waals surface area contributed by atoms with Crippen molar-refractivity contribution in [2.45, 2.75) is 63.3 Å². The van der Waals surface area contributed by atoms with Gasteiger partial charge in [0.25, 0.3) is 0 Å². The second-order valence-corrected chi connectivity index (χ2v) is 13.2. The van der Waals surface area contributed by atoms with Crippen molar-refractivity contribution >= 4 is 14.2 Å². The van der Waals surface area contributed by atoms with Crippen molar-refractivity contribution in [2.75, 3.05) is 20.2 Å². The number of hydrogen-bond acceptors (Lipinski definition) is 3. The highest BCUT2D eigenvalue weighted by Crippen LogP contribution is 2.33. The van der Waals surface area contributed by atoms with Crippen LogP contribution >= 0.6 is 0 Å². The predicted molar refractivity (Wildman–Crippen MR) is 87.2 cm³/mol. The Hall–Kier alpha value is -0.693. The van der Waals surface area contributed by atoms with Crippen molar-refractivity contribution in [3.8, 4) is 0 Å². The summed E-state index contributed by atoms with van der Waals surface area (Å²) in [5, 5.41) is 0. The maximum absolute atomic E-state index is 13.2. The third-order valence-electron chi connectivity index (χ3n) is 4.16. The van der Waals surface area contributed by atoms with Gasteiger partial charge in [-0.3, -0.25) is 0 Å². The third kappa shape index (κ3) is 6.60. The standard InChI is InChI=1S/C15H30F2N2O2Si/c1-21-15(20)19(5-6-22(2,3)4)10-12(18)7-11-8-13(16)14(17)9-11/h11-14H,5-10,18H2,1-4H3. The van der Waals surface area contributed by atoms with Gasteiger partial charge in [0.15, 0.2) is 0 Å². The van der Waals surface area contributed by atoms with E-state index in [1.807, 2.05) is 0 Å². The predicted octanol–water partition coefficient (Wildman–Crippen LogP) is 3.20. The highest BCUT2D eigenvalue weighted by Gasteiger charge is 2.35. The molecule has 0 aromatic heterocycles. The second kappa shape index (κ2) is 8.24. The Labute approximate surface area is 133 Å². The maximum atomic E-state index is 13.2. The van der Waals surface area contributed by atoms with Crippen LogP contribution in [0.25, 0.3) is 0 Å². The molecule has 0 aliphatic heterocycles. The summed E-state index contributed by atoms with van der Waals surface area (Å²) in [6.45, 7) is 7.72. The number of alkyl halides is 2. The molecule has 2 N–H and O–H groups in total. The van der Waals surface area contributed by atoms with Gasteiger partial charge < -0.3 is 15.4 Å². The van der Waals surface area contributed by atoms with Gasteiger partial charge in [-0.15, -0.1) is 0 Å². The van der Waals surface area contributed by atoms with Crippen LogP contribution in [0.5, 0.6) is 0 Å². The molecule has 3 unspecified atom stereocenters. The normalized spacial score (nSPS) is 26.8. The van der Waals surface area contributed by atoms with Crippen molar-refractivity contribution in [1.82, 2.24) is 4.90 Å². The summed E-state index contributed by atoms with van der Waals surface area (Å²) in [5.41, 5.74) is 6.09. The van der Waals surface area contributed by atoms with Crippen molar-refractivity contribution < 1.29 is 18.3 Å². The Balaban J connectivity index is 2.48. The SMILES string of the molecule is COC(=O)N(CC[Si](C)(C)C)CC(N)CC1CC(F)C(F)C1. The number of carbonyl (C=O) groups excluding carboxylic acids is 1. The average Bonchev–Trinajstić information content (AvgIpc) is 2.71. The highest BCUT2D eigenvalue weighted by molar-refractivity contribution is 6.76. The smallest absolute Gasteiger partial charge is 0.409 e. The summed E-state index contributed by atoms with van der Waals surface area (Å²) in [6, 6.07) is 0.695. The third-order valence-corrected chi connectivity index (χ3v) is 5.89. The van der Waals surface area contributed by atoms with Crippen molar-refractivity contribution in [2.24, 2.45) is 11.7 Å². The van der Waals surface area contributed by atoms with Gasteiger partial charge in [-0.05, 0) is 31.2 Å². The molecule has 0 saturated heterocycles. The summed E-state index contributed by atoms with van der Waals surface area (Å²) < 4.78 is 31.2. The molecule has 7 heteroatoms. The van der Waals surface area contributed by atoms with Gasteiger partial charge in [0.2, 0.25) is 0 Å². The van der Waals surface area contributed by atoms with E-state index in [0.717, 1.165) is 6.04 Å². The number of hydrogen-bond donors (Lipinski definition) is 1. The minimum atomic E-state index is -1.36. The van der Waals surface area contributed by atoms with Crippen molar-refractivity contribution in [1.29, 1.82) is 0 Å². The summed E-state index contributed by atoms with van der Waals surface area (Å²) >= 11 is 0. The fourth-order valence-electron chi connectivity index (χ4n) is 2.86. The van der Waals surface area contributed by atoms with E-state index in [-0.39, 0.29) is 30.9 Å². The summed E-state index contributed by atoms with van der Waals surface area (Å²) in [7, 11) is 0.0818. The maximum Gasteiger partial charge on any atom is 0.409 e. The molecule has 0 spiro atoms. The topological polar surface area (TPSA) is 55.6 Å². The van der Waals surface area contributed by atoms with Crippen LogP contribution in [0.4, 0.5) is 13.6 Å². The number of nitrogens with zero attached hydrogens (tertiary/aromatic N) is 1. The first-order valence-corrected chi connectivity index (χ1v) is 11.7. The zero-order valence-corrected chi connectivity index (χ0v) is 15.1. The van der Waals surface area contributed by atoms with Gasteiger partial charge in [0, 0.05) is 27.2 Å². The lowest BCUT2D eigenvalue weighted by molar-refractivity contribution is 0.121. The molecule has 4 nitrogen and oxygen atoms in total. The monoisotopic (exact) mass is 336 g/mol. The number of rotatable bonds is 7. The first-order chi connectivity index (χ1) is 10.1. The van der Waals surface area contributed by atoms with Crippen molar-refractivity contribution in [3.05, 3.63) is 0 Å². The van der Waals surface area contributed by atoms with Gasteiger partial charge >= 0.3 is 6.09 Å². The number of carbonyl (C=O) groups is 1. The van der Waals surface area contributed by atoms with Gasteiger partial charge in [0.05, 0.1) is 7.11 Å². The quantitative estimate of drug-likeness (QED) is 0.726. The zero-order chi connectivity index (χ0) is 16.9. The fraction of sp³-hybridized carbons (Fsp3) is 0.933. The van der Waals surface area contributed by atoms with E-state index in [1.165, 1.54) is 7.11 Å². The number of halogens is 2. The molecule has 0 bridgehead atoms. The van der Waals surface area contributed by atoms with Crippen LogP contribution in [0.1, 0.15) is 19.3 Å². The largest absolute Gasteiger partial charge is 0.453 e. The molecule has 0 aromatic carbocycles. The molecule has 0 radical (unpaired) electrons. The first kappa shape index (κ1) is 19.4. The van der Waals surface area contributed by atoms with E-state index in [0.29, 0.717) is 19.5 Å². The Morgan fingerprint density at radius 2 is 1.86 bits per heavy atom. The Morgan fingerprint density at radius 3 is 2.32 bits per heavy atom. The molecule has 1 aliphatic rings. The van der Waals surface area contributed by atoms with E-state index < -0.39 is 20.4 Å². The molecule has 0 aromatic rings. The van der Waals surface area contributed by atoms with E-state index >= 15 is 0 Å². The molecule has 1 aliphatic carbocycles. The summed E-state index contributed by atoms with van der Waals surface area (Å²) in [6.07, 6.45) is -2.08. The molecule has 22 heavy (non-hydrogen) atoms. The Kier molecular flexibility index (Phi) is 7.25. The number of nitrogens with two attached hydrogens (primary N) is 1. The second-order valence-electron chi connectivity index (χ2n) is 7.59. The van der Waals surface area contributed by atoms with Crippen LogP contribution in [0.3, 0.4) is 0 Å². The lowest BCUT2D eigenvalue weighted by Gasteiger charge is -2.28. The van der Waals surface area contributed by atoms with Crippen molar-refractivity contribution in [3.63, 3.8) is 0 Å². The minimum Gasteiger partial charge on any atom is -0.453 e. The van der Waals surface area contributed by atoms with E-state index in [4.69, 9.17) is 10.5 Å². The van der Waals surface area contributed by atoms with Crippen LogP contribution in [0, 0.1) is 5.92 Å².